The Morgan fingerprint density at radius 1 is 1.08 bits per heavy atom. The largest absolute Gasteiger partial charge is 0.466 e. The van der Waals surface area contributed by atoms with Gasteiger partial charge in [0.2, 0.25) is 0 Å². The number of amides is 1. The summed E-state index contributed by atoms with van der Waals surface area (Å²) < 4.78 is 6.92. The highest BCUT2D eigenvalue weighted by Crippen LogP contribution is 2.28. The third-order valence-electron chi connectivity index (χ3n) is 6.31. The maximum Gasteiger partial charge on any atom is 0.307 e. The first-order valence-electron chi connectivity index (χ1n) is 12.4. The van der Waals surface area contributed by atoms with Gasteiger partial charge in [-0.15, -0.1) is 0 Å². The van der Waals surface area contributed by atoms with Gasteiger partial charge in [0.1, 0.15) is 0 Å². The van der Waals surface area contributed by atoms with E-state index in [1.807, 2.05) is 35.9 Å². The van der Waals surface area contributed by atoms with Crippen molar-refractivity contribution in [2.24, 2.45) is 7.05 Å². The molecule has 0 bridgehead atoms. The Kier molecular flexibility index (Phi) is 8.29. The lowest BCUT2D eigenvalue weighted by molar-refractivity contribution is -0.142. The highest BCUT2D eigenvalue weighted by molar-refractivity contribution is 6.10. The predicted octanol–water partition coefficient (Wildman–Crippen LogP) is 4.86. The maximum absolute atomic E-state index is 13.4. The zero-order chi connectivity index (χ0) is 27.1. The smallest absolute Gasteiger partial charge is 0.307 e. The van der Waals surface area contributed by atoms with Crippen molar-refractivity contribution in [3.05, 3.63) is 95.4 Å². The van der Waals surface area contributed by atoms with Crippen molar-refractivity contribution in [1.29, 1.82) is 5.26 Å². The fourth-order valence-electron chi connectivity index (χ4n) is 4.33. The van der Waals surface area contributed by atoms with E-state index >= 15 is 0 Å². The summed E-state index contributed by atoms with van der Waals surface area (Å²) in [5.41, 5.74) is 3.99. The van der Waals surface area contributed by atoms with Crippen LogP contribution in [0.5, 0.6) is 0 Å². The predicted molar refractivity (Wildman–Crippen MR) is 144 cm³/mol. The first-order valence-corrected chi connectivity index (χ1v) is 12.4. The molecule has 0 aliphatic carbocycles. The van der Waals surface area contributed by atoms with E-state index in [1.54, 1.807) is 49.6 Å². The van der Waals surface area contributed by atoms with Crippen LogP contribution in [0.4, 0.5) is 5.69 Å². The molecule has 4 rings (SSSR count). The van der Waals surface area contributed by atoms with Crippen LogP contribution in [0, 0.1) is 11.3 Å². The second-order valence-corrected chi connectivity index (χ2v) is 8.84. The summed E-state index contributed by atoms with van der Waals surface area (Å²) >= 11 is 0. The van der Waals surface area contributed by atoms with Crippen molar-refractivity contribution < 1.29 is 19.1 Å². The highest BCUT2D eigenvalue weighted by Gasteiger charge is 2.22. The van der Waals surface area contributed by atoms with Crippen LogP contribution in [0.1, 0.15) is 51.6 Å². The number of aryl methyl sites for hydroxylation is 2. The van der Waals surface area contributed by atoms with Crippen molar-refractivity contribution in [1.82, 2.24) is 9.55 Å². The summed E-state index contributed by atoms with van der Waals surface area (Å²) in [7, 11) is 1.86. The van der Waals surface area contributed by atoms with Gasteiger partial charge < -0.3 is 14.2 Å². The lowest BCUT2D eigenvalue weighted by Crippen LogP contribution is -2.33. The van der Waals surface area contributed by atoms with Gasteiger partial charge in [0.25, 0.3) is 5.91 Å². The molecule has 8 heteroatoms. The number of pyridine rings is 1. The maximum atomic E-state index is 13.4. The molecule has 0 fully saturated rings. The molecule has 8 nitrogen and oxygen atoms in total. The monoisotopic (exact) mass is 508 g/mol. The molecule has 0 spiro atoms. The Hall–Kier alpha value is -4.77. The van der Waals surface area contributed by atoms with Gasteiger partial charge in [-0.25, -0.2) is 0 Å². The van der Waals surface area contributed by atoms with Crippen LogP contribution in [0.15, 0.2) is 73.2 Å². The summed E-state index contributed by atoms with van der Waals surface area (Å²) in [6.45, 7) is 2.15. The lowest BCUT2D eigenvalue weighted by atomic mass is 10.0. The van der Waals surface area contributed by atoms with Crippen LogP contribution in [-0.2, 0) is 23.0 Å². The number of aromatic nitrogens is 2. The zero-order valence-corrected chi connectivity index (χ0v) is 21.4. The molecule has 192 valence electrons. The Morgan fingerprint density at radius 2 is 1.87 bits per heavy atom. The molecule has 0 aliphatic rings. The average Bonchev–Trinajstić information content (AvgIpc) is 3.28. The number of carbonyl (C=O) groups is 3. The molecular formula is C30H28N4O4. The number of rotatable bonds is 10. The molecule has 0 radical (unpaired) electrons. The number of anilines is 1. The number of fused-ring (bicyclic) bond motifs is 1. The number of benzene rings is 2. The molecule has 4 aromatic rings. The molecule has 2 aromatic heterocycles. The molecular weight excluding hydrogens is 480 g/mol. The van der Waals surface area contributed by atoms with E-state index in [9.17, 15) is 14.4 Å². The minimum absolute atomic E-state index is 0.0123. The van der Waals surface area contributed by atoms with Crippen LogP contribution in [0.2, 0.25) is 0 Å². The van der Waals surface area contributed by atoms with Crippen molar-refractivity contribution in [3.8, 4) is 6.07 Å². The Morgan fingerprint density at radius 3 is 2.55 bits per heavy atom. The first-order chi connectivity index (χ1) is 18.4. The number of esters is 1. The highest BCUT2D eigenvalue weighted by atomic mass is 16.5. The topological polar surface area (TPSA) is 105 Å². The second kappa shape index (κ2) is 12.0. The summed E-state index contributed by atoms with van der Waals surface area (Å²) in [5.74, 6) is -0.653. The normalized spacial score (nSPS) is 10.7. The third kappa shape index (κ3) is 5.95. The molecule has 2 heterocycles. The molecule has 1 amide bonds. The first kappa shape index (κ1) is 26.3. The summed E-state index contributed by atoms with van der Waals surface area (Å²) in [4.78, 5) is 44.1. The van der Waals surface area contributed by atoms with Crippen molar-refractivity contribution in [2.75, 3.05) is 18.1 Å². The van der Waals surface area contributed by atoms with Crippen LogP contribution in [0.25, 0.3) is 10.9 Å². The number of ketones is 1. The second-order valence-electron chi connectivity index (χ2n) is 8.84. The van der Waals surface area contributed by atoms with E-state index in [1.165, 1.54) is 11.1 Å². The Balaban J connectivity index is 1.59. The van der Waals surface area contributed by atoms with Crippen molar-refractivity contribution in [3.63, 3.8) is 0 Å². The third-order valence-corrected chi connectivity index (χ3v) is 6.31. The number of carbonyl (C=O) groups excluding carboxylic acids is 3. The van der Waals surface area contributed by atoms with Crippen molar-refractivity contribution in [2.45, 2.75) is 26.2 Å². The van der Waals surface area contributed by atoms with E-state index in [2.05, 4.69) is 11.1 Å². The fraction of sp³-hybridized carbons (Fsp3) is 0.233. The van der Waals surface area contributed by atoms with Gasteiger partial charge in [-0.3, -0.25) is 19.4 Å². The molecule has 0 saturated carbocycles. The Bertz CT molecular complexity index is 1500. The van der Waals surface area contributed by atoms with E-state index in [0.29, 0.717) is 35.2 Å². The zero-order valence-electron chi connectivity index (χ0n) is 21.4. The number of nitrogens with zero attached hydrogens (tertiary/aromatic N) is 4. The summed E-state index contributed by atoms with van der Waals surface area (Å²) in [6.07, 6.45) is 5.84. The number of nitriles is 1. The Labute approximate surface area is 221 Å². The summed E-state index contributed by atoms with van der Waals surface area (Å²) in [6, 6.07) is 18.2. The quantitative estimate of drug-likeness (QED) is 0.224. The molecule has 0 atom stereocenters. The average molecular weight is 509 g/mol. The van der Waals surface area contributed by atoms with Crippen LogP contribution in [0.3, 0.4) is 0 Å². The van der Waals surface area contributed by atoms with E-state index in [0.717, 1.165) is 16.5 Å². The number of ether oxygens (including phenoxy) is 1. The SMILES string of the molecule is CCOC(=O)CCN(C(=O)c1cccnc1)c1ccc2c(C(=O)CCc3ccc(C#N)cc3)cn(C)c2c1. The van der Waals surface area contributed by atoms with Gasteiger partial charge >= 0.3 is 5.97 Å². The minimum atomic E-state index is -0.383. The number of hydrogen-bond donors (Lipinski definition) is 0. The van der Waals surface area contributed by atoms with Gasteiger partial charge in [0.05, 0.1) is 35.7 Å². The molecule has 0 N–H and O–H groups in total. The fourth-order valence-corrected chi connectivity index (χ4v) is 4.33. The number of Topliss-reactive ketones (excluding diaryl/α,β-unsaturated/α-hetero) is 1. The van der Waals surface area contributed by atoms with Gasteiger partial charge in [-0.2, -0.15) is 5.26 Å². The van der Waals surface area contributed by atoms with E-state index in [4.69, 9.17) is 10.00 Å². The summed E-state index contributed by atoms with van der Waals surface area (Å²) in [5, 5.41) is 9.76. The molecule has 38 heavy (non-hydrogen) atoms. The van der Waals surface area contributed by atoms with Crippen LogP contribution >= 0.6 is 0 Å². The van der Waals surface area contributed by atoms with Crippen LogP contribution < -0.4 is 4.90 Å². The molecule has 0 aliphatic heterocycles. The lowest BCUT2D eigenvalue weighted by Gasteiger charge is -2.23. The van der Waals surface area contributed by atoms with E-state index in [-0.39, 0.29) is 37.2 Å². The molecule has 0 saturated heterocycles. The van der Waals surface area contributed by atoms with Gasteiger partial charge in [0, 0.05) is 55.2 Å². The number of hydrogen-bond acceptors (Lipinski definition) is 6. The minimum Gasteiger partial charge on any atom is -0.466 e. The molecule has 0 unspecified atom stereocenters. The molecule has 2 aromatic carbocycles. The van der Waals surface area contributed by atoms with Crippen molar-refractivity contribution >= 4 is 34.3 Å². The van der Waals surface area contributed by atoms with Gasteiger partial charge in [0.15, 0.2) is 5.78 Å². The van der Waals surface area contributed by atoms with Gasteiger partial charge in [-0.05, 0) is 55.3 Å². The van der Waals surface area contributed by atoms with E-state index < -0.39 is 0 Å². The van der Waals surface area contributed by atoms with Gasteiger partial charge in [-0.1, -0.05) is 18.2 Å². The standard InChI is InChI=1S/C30H28N4O4/c1-3-38-29(36)14-16-34(30(37)23-5-4-15-32-19-23)24-11-12-25-26(20-33(2)27(25)17-24)28(35)13-10-21-6-8-22(18-31)9-7-21/h4-9,11-12,15,17,19-20H,3,10,13-14,16H2,1-2H3. The van der Waals surface area contributed by atoms with Crippen LogP contribution in [-0.4, -0.2) is 40.4 Å².